The van der Waals surface area contributed by atoms with Crippen LogP contribution in [0.1, 0.15) is 53.4 Å². The van der Waals surface area contributed by atoms with Crippen molar-refractivity contribution in [3.63, 3.8) is 0 Å². The zero-order valence-corrected chi connectivity index (χ0v) is 15.6. The highest BCUT2D eigenvalue weighted by Crippen LogP contribution is 2.31. The molecule has 2 atom stereocenters. The van der Waals surface area contributed by atoms with Crippen LogP contribution >= 0.6 is 0 Å². The van der Waals surface area contributed by atoms with Gasteiger partial charge in [0, 0.05) is 11.6 Å². The molecule has 9 nitrogen and oxygen atoms in total. The Labute approximate surface area is 152 Å². The highest BCUT2D eigenvalue weighted by molar-refractivity contribution is 6.45. The first-order valence-electron chi connectivity index (χ1n) is 8.82. The molecular weight excluding hydrogens is 340 g/mol. The normalized spacial score (nSPS) is 24.1. The third-order valence-corrected chi connectivity index (χ3v) is 4.52. The van der Waals surface area contributed by atoms with E-state index in [2.05, 4.69) is 10.6 Å². The zero-order chi connectivity index (χ0) is 19.6. The topological polar surface area (TPSA) is 116 Å². The fourth-order valence-corrected chi connectivity index (χ4v) is 3.32. The molecule has 1 aliphatic carbocycles. The van der Waals surface area contributed by atoms with E-state index in [9.17, 15) is 24.0 Å². The molecule has 1 aliphatic heterocycles. The standard InChI is InChI=1S/C17H26N4O5/c1-10-7-5-6-8-11(10)21-14(24)13(23)20(16(21)26)9-12(22)18-15(25)19-17(2,3)4/h10-11H,5-9H2,1-4H3,(H2,18,19,22,25)/t10-,11-/m0/s1. The van der Waals surface area contributed by atoms with E-state index in [-0.39, 0.29) is 12.0 Å². The molecule has 0 aromatic heterocycles. The predicted octanol–water partition coefficient (Wildman–Crippen LogP) is 0.980. The second-order valence-corrected chi connectivity index (χ2v) is 7.93. The lowest BCUT2D eigenvalue weighted by Crippen LogP contribution is -2.51. The first-order valence-corrected chi connectivity index (χ1v) is 8.82. The summed E-state index contributed by atoms with van der Waals surface area (Å²) in [7, 11) is 0. The lowest BCUT2D eigenvalue weighted by atomic mass is 9.85. The lowest BCUT2D eigenvalue weighted by molar-refractivity contribution is -0.145. The van der Waals surface area contributed by atoms with Crippen molar-refractivity contribution in [2.24, 2.45) is 5.92 Å². The number of hydrogen-bond donors (Lipinski definition) is 2. The molecular formula is C17H26N4O5. The summed E-state index contributed by atoms with van der Waals surface area (Å²) in [5.41, 5.74) is -0.548. The Hall–Kier alpha value is -2.45. The predicted molar refractivity (Wildman–Crippen MR) is 91.8 cm³/mol. The molecule has 2 N–H and O–H groups in total. The molecule has 2 fully saturated rings. The van der Waals surface area contributed by atoms with Crippen molar-refractivity contribution in [2.75, 3.05) is 6.54 Å². The number of carbonyl (C=O) groups excluding carboxylic acids is 5. The van der Waals surface area contributed by atoms with Crippen molar-refractivity contribution in [3.8, 4) is 0 Å². The van der Waals surface area contributed by atoms with Gasteiger partial charge < -0.3 is 5.32 Å². The minimum Gasteiger partial charge on any atom is -0.333 e. The smallest absolute Gasteiger partial charge is 0.333 e. The number of rotatable bonds is 3. The van der Waals surface area contributed by atoms with Gasteiger partial charge in [0.25, 0.3) is 0 Å². The van der Waals surface area contributed by atoms with Gasteiger partial charge in [0.05, 0.1) is 0 Å². The van der Waals surface area contributed by atoms with Crippen molar-refractivity contribution in [2.45, 2.75) is 65.0 Å². The molecule has 9 heteroatoms. The van der Waals surface area contributed by atoms with E-state index in [1.807, 2.05) is 6.92 Å². The van der Waals surface area contributed by atoms with Gasteiger partial charge >= 0.3 is 23.9 Å². The number of amides is 7. The Balaban J connectivity index is 2.02. The van der Waals surface area contributed by atoms with Gasteiger partial charge in [-0.25, -0.2) is 14.5 Å². The number of urea groups is 2. The number of carbonyl (C=O) groups is 5. The van der Waals surface area contributed by atoms with Crippen molar-refractivity contribution < 1.29 is 24.0 Å². The van der Waals surface area contributed by atoms with Gasteiger partial charge in [0.15, 0.2) is 0 Å². The summed E-state index contributed by atoms with van der Waals surface area (Å²) in [6.45, 7) is 6.50. The molecule has 26 heavy (non-hydrogen) atoms. The van der Waals surface area contributed by atoms with Crippen LogP contribution in [-0.2, 0) is 14.4 Å². The van der Waals surface area contributed by atoms with Crippen LogP contribution in [-0.4, -0.2) is 57.7 Å². The second kappa shape index (κ2) is 7.43. The minimum absolute atomic E-state index is 0.107. The van der Waals surface area contributed by atoms with Crippen LogP contribution in [0, 0.1) is 5.92 Å². The third kappa shape index (κ3) is 4.39. The van der Waals surface area contributed by atoms with Gasteiger partial charge in [-0.3, -0.25) is 24.6 Å². The zero-order valence-electron chi connectivity index (χ0n) is 15.6. The quantitative estimate of drug-likeness (QED) is 0.570. The van der Waals surface area contributed by atoms with E-state index in [1.54, 1.807) is 20.8 Å². The molecule has 0 aromatic rings. The van der Waals surface area contributed by atoms with E-state index in [0.29, 0.717) is 11.3 Å². The maximum absolute atomic E-state index is 12.6. The summed E-state index contributed by atoms with van der Waals surface area (Å²) >= 11 is 0. The van der Waals surface area contributed by atoms with Gasteiger partial charge in [-0.1, -0.05) is 19.8 Å². The van der Waals surface area contributed by atoms with E-state index in [4.69, 9.17) is 0 Å². The van der Waals surface area contributed by atoms with Crippen LogP contribution in [0.2, 0.25) is 0 Å². The van der Waals surface area contributed by atoms with Crippen molar-refractivity contribution >= 4 is 29.8 Å². The monoisotopic (exact) mass is 366 g/mol. The molecule has 2 rings (SSSR count). The molecule has 0 unspecified atom stereocenters. The number of nitrogens with zero attached hydrogens (tertiary/aromatic N) is 2. The fraction of sp³-hybridized carbons (Fsp3) is 0.706. The summed E-state index contributed by atoms with van der Waals surface area (Å²) in [5.74, 6) is -2.66. The van der Waals surface area contributed by atoms with E-state index in [0.717, 1.165) is 24.2 Å². The Morgan fingerprint density at radius 3 is 2.27 bits per heavy atom. The Morgan fingerprint density at radius 1 is 1.08 bits per heavy atom. The van der Waals surface area contributed by atoms with Gasteiger partial charge in [0.2, 0.25) is 5.91 Å². The molecule has 2 aliphatic rings. The summed E-state index contributed by atoms with van der Waals surface area (Å²) in [5, 5.41) is 4.59. The molecule has 144 valence electrons. The van der Waals surface area contributed by atoms with Crippen LogP contribution in [0.25, 0.3) is 0 Å². The van der Waals surface area contributed by atoms with Gasteiger partial charge in [-0.15, -0.1) is 0 Å². The van der Waals surface area contributed by atoms with Crippen LogP contribution in [0.4, 0.5) is 9.59 Å². The number of hydrogen-bond acceptors (Lipinski definition) is 5. The molecule has 1 saturated carbocycles. The SMILES string of the molecule is C[C@H]1CCCC[C@@H]1N1C(=O)C(=O)N(CC(=O)NC(=O)NC(C)(C)C)C1=O. The molecule has 1 heterocycles. The average molecular weight is 366 g/mol. The van der Waals surface area contributed by atoms with Crippen LogP contribution < -0.4 is 10.6 Å². The Bertz CT molecular complexity index is 640. The Kier molecular flexibility index (Phi) is 5.68. The Morgan fingerprint density at radius 2 is 1.69 bits per heavy atom. The average Bonchev–Trinajstić information content (AvgIpc) is 2.70. The molecule has 0 bridgehead atoms. The first-order chi connectivity index (χ1) is 12.0. The molecule has 1 saturated heterocycles. The van der Waals surface area contributed by atoms with Crippen molar-refractivity contribution in [3.05, 3.63) is 0 Å². The van der Waals surface area contributed by atoms with Crippen LogP contribution in [0.3, 0.4) is 0 Å². The second-order valence-electron chi connectivity index (χ2n) is 7.93. The van der Waals surface area contributed by atoms with E-state index in [1.165, 1.54) is 0 Å². The molecule has 7 amide bonds. The summed E-state index contributed by atoms with van der Waals surface area (Å²) < 4.78 is 0. The van der Waals surface area contributed by atoms with Crippen LogP contribution in [0.15, 0.2) is 0 Å². The summed E-state index contributed by atoms with van der Waals surface area (Å²) in [4.78, 5) is 62.3. The van der Waals surface area contributed by atoms with Gasteiger partial charge in [-0.05, 0) is 39.5 Å². The summed E-state index contributed by atoms with van der Waals surface area (Å²) in [6, 6.07) is -1.85. The largest absolute Gasteiger partial charge is 0.334 e. The number of nitrogens with one attached hydrogen (secondary N) is 2. The van der Waals surface area contributed by atoms with Crippen molar-refractivity contribution in [1.29, 1.82) is 0 Å². The molecule has 0 spiro atoms. The lowest BCUT2D eigenvalue weighted by Gasteiger charge is -2.34. The summed E-state index contributed by atoms with van der Waals surface area (Å²) in [6.07, 6.45) is 3.44. The first kappa shape index (κ1) is 19.9. The van der Waals surface area contributed by atoms with Crippen molar-refractivity contribution in [1.82, 2.24) is 20.4 Å². The number of imide groups is 3. The maximum Gasteiger partial charge on any atom is 0.334 e. The molecule has 0 radical (unpaired) electrons. The van der Waals surface area contributed by atoms with E-state index >= 15 is 0 Å². The van der Waals surface area contributed by atoms with Gasteiger partial charge in [-0.2, -0.15) is 0 Å². The third-order valence-electron chi connectivity index (χ3n) is 4.52. The fourth-order valence-electron chi connectivity index (χ4n) is 3.32. The minimum atomic E-state index is -1.03. The van der Waals surface area contributed by atoms with Gasteiger partial charge in [0.1, 0.15) is 6.54 Å². The highest BCUT2D eigenvalue weighted by atomic mass is 16.2. The molecule has 0 aromatic carbocycles. The highest BCUT2D eigenvalue weighted by Gasteiger charge is 2.49. The maximum atomic E-state index is 12.6. The van der Waals surface area contributed by atoms with Crippen LogP contribution in [0.5, 0.6) is 0 Å². The van der Waals surface area contributed by atoms with E-state index < -0.39 is 41.9 Å².